The van der Waals surface area contributed by atoms with E-state index in [1.54, 1.807) is 0 Å². The van der Waals surface area contributed by atoms with Crippen molar-refractivity contribution in [3.05, 3.63) is 48.0 Å². The summed E-state index contributed by atoms with van der Waals surface area (Å²) in [6.07, 6.45) is 0. The molecular formula is C15H18N2O. The van der Waals surface area contributed by atoms with Gasteiger partial charge in [0, 0.05) is 17.1 Å². The van der Waals surface area contributed by atoms with Gasteiger partial charge in [-0.25, -0.2) is 0 Å². The minimum atomic E-state index is 0.682. The summed E-state index contributed by atoms with van der Waals surface area (Å²) in [6.45, 7) is 4.68. The first kappa shape index (κ1) is 12.3. The van der Waals surface area contributed by atoms with Crippen molar-refractivity contribution in [3.8, 4) is 5.75 Å². The maximum atomic E-state index is 5.82. The van der Waals surface area contributed by atoms with Crippen LogP contribution in [0.1, 0.15) is 12.5 Å². The number of hydrogen-bond acceptors (Lipinski definition) is 3. The van der Waals surface area contributed by atoms with E-state index in [0.717, 1.165) is 28.4 Å². The molecule has 0 radical (unpaired) electrons. The first-order chi connectivity index (χ1) is 8.67. The summed E-state index contributed by atoms with van der Waals surface area (Å²) in [5, 5.41) is 3.32. The zero-order valence-electron chi connectivity index (χ0n) is 10.7. The molecule has 0 bridgehead atoms. The van der Waals surface area contributed by atoms with Crippen molar-refractivity contribution in [2.24, 2.45) is 0 Å². The van der Waals surface area contributed by atoms with Gasteiger partial charge in [-0.1, -0.05) is 0 Å². The minimum Gasteiger partial charge on any atom is -0.494 e. The zero-order valence-corrected chi connectivity index (χ0v) is 10.7. The summed E-state index contributed by atoms with van der Waals surface area (Å²) in [5.41, 5.74) is 9.74. The Morgan fingerprint density at radius 1 is 1.06 bits per heavy atom. The van der Waals surface area contributed by atoms with Crippen LogP contribution in [0.3, 0.4) is 0 Å². The topological polar surface area (TPSA) is 47.3 Å². The first-order valence-electron chi connectivity index (χ1n) is 6.04. The lowest BCUT2D eigenvalue weighted by Gasteiger charge is -2.09. The number of ether oxygens (including phenoxy) is 1. The molecule has 3 heteroatoms. The monoisotopic (exact) mass is 242 g/mol. The number of nitrogen functional groups attached to an aromatic ring is 1. The number of benzene rings is 2. The van der Waals surface area contributed by atoms with Gasteiger partial charge in [-0.3, -0.25) is 0 Å². The summed E-state index contributed by atoms with van der Waals surface area (Å²) in [6, 6.07) is 13.8. The molecule has 0 heterocycles. The van der Waals surface area contributed by atoms with Crippen molar-refractivity contribution in [3.63, 3.8) is 0 Å². The van der Waals surface area contributed by atoms with Gasteiger partial charge >= 0.3 is 0 Å². The maximum absolute atomic E-state index is 5.82. The predicted octanol–water partition coefficient (Wildman–Crippen LogP) is 3.72. The number of nitrogens with two attached hydrogens (primary N) is 1. The third kappa shape index (κ3) is 3.17. The number of hydrogen-bond donors (Lipinski definition) is 2. The van der Waals surface area contributed by atoms with Crippen LogP contribution in [0.4, 0.5) is 17.1 Å². The zero-order chi connectivity index (χ0) is 13.0. The SMILES string of the molecule is CCOc1ccc(Nc2cc(C)cc(N)c2)cc1. The average Bonchev–Trinajstić information content (AvgIpc) is 2.31. The molecule has 2 aromatic carbocycles. The highest BCUT2D eigenvalue weighted by molar-refractivity contribution is 5.65. The van der Waals surface area contributed by atoms with Gasteiger partial charge in [0.25, 0.3) is 0 Å². The van der Waals surface area contributed by atoms with Crippen LogP contribution in [0, 0.1) is 6.92 Å². The third-order valence-electron chi connectivity index (χ3n) is 2.55. The van der Waals surface area contributed by atoms with Crippen LogP contribution in [-0.4, -0.2) is 6.61 Å². The highest BCUT2D eigenvalue weighted by Crippen LogP contribution is 2.22. The van der Waals surface area contributed by atoms with Gasteiger partial charge in [0.2, 0.25) is 0 Å². The number of aryl methyl sites for hydroxylation is 1. The van der Waals surface area contributed by atoms with Crippen molar-refractivity contribution in [1.29, 1.82) is 0 Å². The van der Waals surface area contributed by atoms with Crippen LogP contribution >= 0.6 is 0 Å². The Kier molecular flexibility index (Phi) is 3.72. The van der Waals surface area contributed by atoms with Crippen LogP contribution in [-0.2, 0) is 0 Å². The maximum Gasteiger partial charge on any atom is 0.119 e. The Labute approximate surface area is 108 Å². The first-order valence-corrected chi connectivity index (χ1v) is 6.04. The van der Waals surface area contributed by atoms with E-state index in [1.165, 1.54) is 0 Å². The molecule has 0 aliphatic heterocycles. The summed E-state index contributed by atoms with van der Waals surface area (Å²) in [4.78, 5) is 0. The van der Waals surface area contributed by atoms with E-state index in [2.05, 4.69) is 11.4 Å². The van der Waals surface area contributed by atoms with E-state index in [9.17, 15) is 0 Å². The van der Waals surface area contributed by atoms with Gasteiger partial charge in [0.05, 0.1) is 6.61 Å². The summed E-state index contributed by atoms with van der Waals surface area (Å²) in [5.74, 6) is 0.881. The standard InChI is InChI=1S/C15H18N2O/c1-3-18-15-6-4-13(5-7-15)17-14-9-11(2)8-12(16)10-14/h4-10,17H,3,16H2,1-2H3. The fourth-order valence-corrected chi connectivity index (χ4v) is 1.85. The molecule has 94 valence electrons. The molecular weight excluding hydrogens is 224 g/mol. The lowest BCUT2D eigenvalue weighted by molar-refractivity contribution is 0.340. The lowest BCUT2D eigenvalue weighted by Crippen LogP contribution is -1.94. The van der Waals surface area contributed by atoms with Crippen molar-refractivity contribution in [2.75, 3.05) is 17.7 Å². The van der Waals surface area contributed by atoms with Crippen LogP contribution in [0.25, 0.3) is 0 Å². The van der Waals surface area contributed by atoms with Crippen LogP contribution < -0.4 is 15.8 Å². The summed E-state index contributed by atoms with van der Waals surface area (Å²) in [7, 11) is 0. The van der Waals surface area contributed by atoms with E-state index in [4.69, 9.17) is 10.5 Å². The van der Waals surface area contributed by atoms with Crippen molar-refractivity contribution in [1.82, 2.24) is 0 Å². The van der Waals surface area contributed by atoms with Crippen LogP contribution in [0.15, 0.2) is 42.5 Å². The van der Waals surface area contributed by atoms with Gasteiger partial charge in [0.15, 0.2) is 0 Å². The Morgan fingerprint density at radius 2 is 1.78 bits per heavy atom. The number of anilines is 3. The molecule has 0 spiro atoms. The van der Waals surface area contributed by atoms with Crippen LogP contribution in [0.2, 0.25) is 0 Å². The summed E-state index contributed by atoms with van der Waals surface area (Å²) >= 11 is 0. The molecule has 2 rings (SSSR count). The predicted molar refractivity (Wildman–Crippen MR) is 76.5 cm³/mol. The average molecular weight is 242 g/mol. The molecule has 3 N–H and O–H groups in total. The van der Waals surface area contributed by atoms with E-state index in [0.29, 0.717) is 6.61 Å². The molecule has 0 saturated carbocycles. The minimum absolute atomic E-state index is 0.682. The number of nitrogens with one attached hydrogen (secondary N) is 1. The third-order valence-corrected chi connectivity index (χ3v) is 2.55. The Hall–Kier alpha value is -2.16. The van der Waals surface area contributed by atoms with Crippen LogP contribution in [0.5, 0.6) is 5.75 Å². The molecule has 3 nitrogen and oxygen atoms in total. The molecule has 0 aliphatic carbocycles. The number of rotatable bonds is 4. The van der Waals surface area contributed by atoms with Gasteiger partial charge in [0.1, 0.15) is 5.75 Å². The largest absolute Gasteiger partial charge is 0.494 e. The van der Waals surface area contributed by atoms with Gasteiger partial charge in [-0.05, 0) is 61.9 Å². The normalized spacial score (nSPS) is 10.1. The van der Waals surface area contributed by atoms with E-state index in [1.807, 2.05) is 50.2 Å². The Morgan fingerprint density at radius 3 is 2.39 bits per heavy atom. The highest BCUT2D eigenvalue weighted by atomic mass is 16.5. The van der Waals surface area contributed by atoms with Gasteiger partial charge in [-0.2, -0.15) is 0 Å². The van der Waals surface area contributed by atoms with Gasteiger partial charge in [-0.15, -0.1) is 0 Å². The van der Waals surface area contributed by atoms with Gasteiger partial charge < -0.3 is 15.8 Å². The Balaban J connectivity index is 2.13. The lowest BCUT2D eigenvalue weighted by atomic mass is 10.2. The molecule has 0 aromatic heterocycles. The van der Waals surface area contributed by atoms with Crippen molar-refractivity contribution < 1.29 is 4.74 Å². The second kappa shape index (κ2) is 5.45. The molecule has 0 unspecified atom stereocenters. The molecule has 0 amide bonds. The highest BCUT2D eigenvalue weighted by Gasteiger charge is 1.98. The van der Waals surface area contributed by atoms with Crippen molar-refractivity contribution >= 4 is 17.1 Å². The fourth-order valence-electron chi connectivity index (χ4n) is 1.85. The smallest absolute Gasteiger partial charge is 0.119 e. The molecule has 18 heavy (non-hydrogen) atoms. The van der Waals surface area contributed by atoms with E-state index < -0.39 is 0 Å². The second-order valence-electron chi connectivity index (χ2n) is 4.21. The molecule has 0 atom stereocenters. The molecule has 0 fully saturated rings. The molecule has 0 saturated heterocycles. The molecule has 2 aromatic rings. The van der Waals surface area contributed by atoms with Crippen molar-refractivity contribution in [2.45, 2.75) is 13.8 Å². The Bertz CT molecular complexity index is 500. The summed E-state index contributed by atoms with van der Waals surface area (Å²) < 4.78 is 5.40. The second-order valence-corrected chi connectivity index (χ2v) is 4.21. The van der Waals surface area contributed by atoms with E-state index >= 15 is 0 Å². The van der Waals surface area contributed by atoms with E-state index in [-0.39, 0.29) is 0 Å². The molecule has 0 aliphatic rings. The fraction of sp³-hybridized carbons (Fsp3) is 0.200. The quantitative estimate of drug-likeness (QED) is 0.803.